The monoisotopic (exact) mass is 285 g/mol. The van der Waals surface area contributed by atoms with Crippen LogP contribution in [0.3, 0.4) is 0 Å². The second-order valence-electron chi connectivity index (χ2n) is 4.33. The Kier molecular flexibility index (Phi) is 2.94. The Morgan fingerprint density at radius 3 is 2.76 bits per heavy atom. The molecule has 3 aromatic rings. The van der Waals surface area contributed by atoms with Gasteiger partial charge in [0.1, 0.15) is 0 Å². The highest BCUT2D eigenvalue weighted by atomic mass is 16.5. The molecule has 106 valence electrons. The molecule has 0 aliphatic heterocycles. The second kappa shape index (κ2) is 4.78. The average molecular weight is 285 g/mol. The van der Waals surface area contributed by atoms with Crippen LogP contribution in [-0.2, 0) is 4.74 Å². The van der Waals surface area contributed by atoms with Crippen molar-refractivity contribution in [1.82, 2.24) is 14.6 Å². The minimum absolute atomic E-state index is 0.256. The number of carbonyl (C=O) groups is 1. The number of para-hydroxylation sites is 1. The Labute approximate surface area is 119 Å². The number of esters is 1. The van der Waals surface area contributed by atoms with Crippen molar-refractivity contribution >= 4 is 11.6 Å². The molecule has 2 N–H and O–H groups in total. The van der Waals surface area contributed by atoms with E-state index in [2.05, 4.69) is 14.9 Å². The number of aromatic nitrogens is 3. The molecule has 0 atom stereocenters. The molecule has 0 aliphatic carbocycles. The van der Waals surface area contributed by atoms with Gasteiger partial charge in [-0.2, -0.15) is 0 Å². The van der Waals surface area contributed by atoms with E-state index in [0.717, 1.165) is 0 Å². The third kappa shape index (κ3) is 2.04. The summed E-state index contributed by atoms with van der Waals surface area (Å²) in [6.07, 6.45) is 1.51. The molecular weight excluding hydrogens is 274 g/mol. The summed E-state index contributed by atoms with van der Waals surface area (Å²) < 4.78 is 6.21. The molecular formula is C14H11N3O4. The number of carbonyl (C=O) groups excluding carboxylic acids is 1. The number of pyridine rings is 1. The Hall–Kier alpha value is -3.09. The van der Waals surface area contributed by atoms with Gasteiger partial charge in [-0.3, -0.25) is 4.40 Å². The number of nitrogens with zero attached hydrogens (tertiary/aromatic N) is 3. The summed E-state index contributed by atoms with van der Waals surface area (Å²) in [5.74, 6) is -0.732. The van der Waals surface area contributed by atoms with Gasteiger partial charge in [0.05, 0.1) is 18.2 Å². The van der Waals surface area contributed by atoms with Gasteiger partial charge in [0.15, 0.2) is 23.0 Å². The zero-order valence-electron chi connectivity index (χ0n) is 11.0. The van der Waals surface area contributed by atoms with Crippen molar-refractivity contribution in [2.24, 2.45) is 0 Å². The Bertz CT molecular complexity index is 841. The standard InChI is InChI=1S/C14H11N3O4/c1-21-14(20)8-5-6-11-15-16-13(17(11)7-8)9-3-2-4-10(18)12(9)19/h2-7,18-19H,1H3. The molecule has 0 radical (unpaired) electrons. The summed E-state index contributed by atoms with van der Waals surface area (Å²) in [6, 6.07) is 7.72. The lowest BCUT2D eigenvalue weighted by molar-refractivity contribution is 0.0600. The van der Waals surface area contributed by atoms with Crippen LogP contribution in [0, 0.1) is 0 Å². The quantitative estimate of drug-likeness (QED) is 0.548. The zero-order chi connectivity index (χ0) is 15.0. The molecule has 0 spiro atoms. The Morgan fingerprint density at radius 1 is 1.19 bits per heavy atom. The number of phenols is 2. The largest absolute Gasteiger partial charge is 0.504 e. The molecule has 0 amide bonds. The molecule has 7 heteroatoms. The molecule has 2 aromatic heterocycles. The number of phenolic OH excluding ortho intramolecular Hbond substituents is 2. The molecule has 1 aromatic carbocycles. The van der Waals surface area contributed by atoms with Gasteiger partial charge < -0.3 is 14.9 Å². The summed E-state index contributed by atoms with van der Waals surface area (Å²) >= 11 is 0. The van der Waals surface area contributed by atoms with E-state index in [1.807, 2.05) is 0 Å². The predicted molar refractivity (Wildman–Crippen MR) is 73.1 cm³/mol. The molecule has 2 heterocycles. The Balaban J connectivity index is 2.23. The molecule has 0 unspecified atom stereocenters. The number of methoxy groups -OCH3 is 1. The number of ether oxygens (including phenoxy) is 1. The lowest BCUT2D eigenvalue weighted by Gasteiger charge is -2.05. The first kappa shape index (κ1) is 12.9. The highest BCUT2D eigenvalue weighted by Crippen LogP contribution is 2.35. The summed E-state index contributed by atoms with van der Waals surface area (Å²) in [5, 5.41) is 27.4. The zero-order valence-corrected chi connectivity index (χ0v) is 11.0. The molecule has 3 rings (SSSR count). The van der Waals surface area contributed by atoms with E-state index in [0.29, 0.717) is 22.6 Å². The first-order valence-electron chi connectivity index (χ1n) is 6.06. The van der Waals surface area contributed by atoms with Crippen LogP contribution in [0.2, 0.25) is 0 Å². The van der Waals surface area contributed by atoms with Crippen LogP contribution < -0.4 is 0 Å². The van der Waals surface area contributed by atoms with Crippen LogP contribution >= 0.6 is 0 Å². The summed E-state index contributed by atoms with van der Waals surface area (Å²) in [6.45, 7) is 0. The lowest BCUT2D eigenvalue weighted by Crippen LogP contribution is -2.03. The molecule has 0 fully saturated rings. The molecule has 7 nitrogen and oxygen atoms in total. The van der Waals surface area contributed by atoms with Crippen LogP contribution in [0.1, 0.15) is 10.4 Å². The van der Waals surface area contributed by atoms with Gasteiger partial charge in [0.2, 0.25) is 0 Å². The highest BCUT2D eigenvalue weighted by molar-refractivity contribution is 5.89. The van der Waals surface area contributed by atoms with Crippen molar-refractivity contribution in [1.29, 1.82) is 0 Å². The van der Waals surface area contributed by atoms with Gasteiger partial charge in [-0.25, -0.2) is 4.79 Å². The maximum Gasteiger partial charge on any atom is 0.339 e. The van der Waals surface area contributed by atoms with E-state index < -0.39 is 5.97 Å². The van der Waals surface area contributed by atoms with Crippen molar-refractivity contribution in [2.75, 3.05) is 7.11 Å². The van der Waals surface area contributed by atoms with E-state index in [4.69, 9.17) is 0 Å². The third-order valence-corrected chi connectivity index (χ3v) is 3.08. The number of rotatable bonds is 2. The highest BCUT2D eigenvalue weighted by Gasteiger charge is 2.16. The van der Waals surface area contributed by atoms with E-state index in [9.17, 15) is 15.0 Å². The van der Waals surface area contributed by atoms with E-state index in [-0.39, 0.29) is 11.5 Å². The number of aromatic hydroxyl groups is 2. The second-order valence-corrected chi connectivity index (χ2v) is 4.33. The first-order valence-corrected chi connectivity index (χ1v) is 6.06. The van der Waals surface area contributed by atoms with Crippen LogP contribution in [0.15, 0.2) is 36.5 Å². The maximum atomic E-state index is 11.6. The first-order chi connectivity index (χ1) is 10.1. The fourth-order valence-corrected chi connectivity index (χ4v) is 2.02. The molecule has 0 bridgehead atoms. The van der Waals surface area contributed by atoms with Crippen molar-refractivity contribution in [3.8, 4) is 22.9 Å². The van der Waals surface area contributed by atoms with Gasteiger partial charge in [0.25, 0.3) is 0 Å². The fraction of sp³-hybridized carbons (Fsp3) is 0.0714. The SMILES string of the molecule is COC(=O)c1ccc2nnc(-c3cccc(O)c3O)n2c1. The van der Waals surface area contributed by atoms with E-state index >= 15 is 0 Å². The van der Waals surface area contributed by atoms with Crippen molar-refractivity contribution in [3.63, 3.8) is 0 Å². The van der Waals surface area contributed by atoms with Gasteiger partial charge in [-0.1, -0.05) is 6.07 Å². The van der Waals surface area contributed by atoms with Gasteiger partial charge in [0, 0.05) is 6.20 Å². The predicted octanol–water partition coefficient (Wildman–Crippen LogP) is 1.59. The third-order valence-electron chi connectivity index (χ3n) is 3.08. The lowest BCUT2D eigenvalue weighted by atomic mass is 10.1. The van der Waals surface area contributed by atoms with Crippen molar-refractivity contribution in [3.05, 3.63) is 42.1 Å². The minimum Gasteiger partial charge on any atom is -0.504 e. The number of hydrogen-bond acceptors (Lipinski definition) is 6. The molecule has 0 saturated heterocycles. The summed E-state index contributed by atoms with van der Waals surface area (Å²) in [7, 11) is 1.29. The van der Waals surface area contributed by atoms with Gasteiger partial charge in [-0.15, -0.1) is 10.2 Å². The fourth-order valence-electron chi connectivity index (χ4n) is 2.02. The number of benzene rings is 1. The molecule has 0 saturated carbocycles. The van der Waals surface area contributed by atoms with Crippen molar-refractivity contribution in [2.45, 2.75) is 0 Å². The summed E-state index contributed by atoms with van der Waals surface area (Å²) in [4.78, 5) is 11.6. The maximum absolute atomic E-state index is 11.6. The van der Waals surface area contributed by atoms with Crippen LogP contribution in [0.25, 0.3) is 17.0 Å². The number of hydrogen-bond donors (Lipinski definition) is 2. The van der Waals surface area contributed by atoms with E-state index in [1.165, 1.54) is 19.4 Å². The smallest absolute Gasteiger partial charge is 0.339 e. The summed E-state index contributed by atoms with van der Waals surface area (Å²) in [5.41, 5.74) is 1.13. The van der Waals surface area contributed by atoms with Crippen molar-refractivity contribution < 1.29 is 19.7 Å². The van der Waals surface area contributed by atoms with E-state index in [1.54, 1.807) is 28.7 Å². The van der Waals surface area contributed by atoms with Gasteiger partial charge >= 0.3 is 5.97 Å². The number of fused-ring (bicyclic) bond motifs is 1. The normalized spacial score (nSPS) is 10.7. The van der Waals surface area contributed by atoms with Crippen LogP contribution in [-0.4, -0.2) is 37.9 Å². The minimum atomic E-state index is -0.489. The van der Waals surface area contributed by atoms with Crippen LogP contribution in [0.4, 0.5) is 0 Å². The molecule has 0 aliphatic rings. The molecule has 21 heavy (non-hydrogen) atoms. The Morgan fingerprint density at radius 2 is 2.00 bits per heavy atom. The topological polar surface area (TPSA) is 97.0 Å². The van der Waals surface area contributed by atoms with Gasteiger partial charge in [-0.05, 0) is 24.3 Å². The van der Waals surface area contributed by atoms with Crippen LogP contribution in [0.5, 0.6) is 11.5 Å². The average Bonchev–Trinajstić information content (AvgIpc) is 2.92.